The molecule has 4 rings (SSSR count). The maximum absolute atomic E-state index is 14.7. The predicted molar refractivity (Wildman–Crippen MR) is 356 cm³/mol. The number of primary amides is 3. The first kappa shape index (κ1) is 78.5. The van der Waals surface area contributed by atoms with E-state index in [4.69, 9.17) is 40.1 Å². The van der Waals surface area contributed by atoms with Crippen molar-refractivity contribution in [3.8, 4) is 0 Å². The van der Waals surface area contributed by atoms with Gasteiger partial charge < -0.3 is 92.5 Å². The molecule has 0 aromatic heterocycles. The molecule has 0 unspecified atom stereocenters. The number of unbranched alkanes of at least 4 members (excludes halogenated alkanes) is 1. The Morgan fingerprint density at radius 1 is 0.537 bits per heavy atom. The van der Waals surface area contributed by atoms with Gasteiger partial charge in [0.25, 0.3) is 0 Å². The number of nitrogens with zero attached hydrogens (tertiary/aromatic N) is 3. The van der Waals surface area contributed by atoms with E-state index in [1.54, 1.807) is 60.7 Å². The molecule has 0 aliphatic carbocycles. The Hall–Kier alpha value is -8.91. The zero-order valence-electron chi connectivity index (χ0n) is 54.5. The molecule has 31 nitrogen and oxygen atoms in total. The molecule has 2 heterocycles. The van der Waals surface area contributed by atoms with Gasteiger partial charge in [0.15, 0.2) is 5.96 Å². The fourth-order valence-electron chi connectivity index (χ4n) is 11.0. The van der Waals surface area contributed by atoms with Crippen LogP contribution < -0.4 is 82.7 Å². The number of carbonyl (C=O) groups is 13. The summed E-state index contributed by atoms with van der Waals surface area (Å²) in [6, 6.07) is 4.51. The average molecular weight is 1350 g/mol. The Labute approximate surface area is 558 Å². The lowest BCUT2D eigenvalue weighted by Gasteiger charge is -2.32. The Bertz CT molecular complexity index is 2960. The number of thioether (sulfide) groups is 1. The van der Waals surface area contributed by atoms with Gasteiger partial charge >= 0.3 is 0 Å². The van der Waals surface area contributed by atoms with Crippen molar-refractivity contribution < 1.29 is 62.3 Å². The number of nitrogens with one attached hydrogen (secondary N) is 8. The van der Waals surface area contributed by atoms with Gasteiger partial charge in [-0.05, 0) is 119 Å². The Kier molecular flexibility index (Phi) is 33.9. The van der Waals surface area contributed by atoms with E-state index in [0.717, 1.165) is 0 Å². The molecule has 32 heteroatoms. The highest BCUT2D eigenvalue weighted by Crippen LogP contribution is 2.24. The second-order valence-electron chi connectivity index (χ2n) is 24.1. The number of likely N-dealkylation sites (tertiary alicyclic amines) is 2. The summed E-state index contributed by atoms with van der Waals surface area (Å²) in [4.78, 5) is 185. The van der Waals surface area contributed by atoms with E-state index in [1.165, 1.54) is 21.6 Å². The molecule has 2 saturated heterocycles. The molecule has 0 radical (unpaired) electrons. The van der Waals surface area contributed by atoms with Crippen molar-refractivity contribution in [1.29, 1.82) is 0 Å². The van der Waals surface area contributed by atoms with Crippen LogP contribution in [0.1, 0.15) is 121 Å². The second-order valence-corrected chi connectivity index (χ2v) is 25.1. The Morgan fingerprint density at radius 2 is 1.01 bits per heavy atom. The van der Waals surface area contributed by atoms with Crippen molar-refractivity contribution >= 4 is 94.5 Å². The minimum atomic E-state index is -1.64. The van der Waals surface area contributed by atoms with Crippen molar-refractivity contribution in [2.24, 2.45) is 51.0 Å². The number of amides is 13. The van der Waals surface area contributed by atoms with Crippen LogP contribution in [-0.2, 0) is 75.2 Å². The van der Waals surface area contributed by atoms with Gasteiger partial charge in [-0.2, -0.15) is 11.8 Å². The first-order chi connectivity index (χ1) is 45.2. The third kappa shape index (κ3) is 27.5. The standard InChI is InChI=1S/C63H98N18O13S/c1-37(2)33-45(57(89)74-41(53(68)85)27-32-95-3)73-52(84)36-72-54(86)46(34-38-15-6-4-7-16-38)78-58(90)47(35-39-17-8-5-9-18-39)79-56(88)42(23-25-50(66)82)75-55(87)43(24-26-51(67)83)76-59(91)49-22-14-31-81(49)62(94)44(20-10-11-28-64)77-60(92)48-21-13-30-80(48)61(93)40(65)19-12-29-71-63(69)70/h4-9,15-18,37,40-49H,10-14,19-36,64-65H2,1-3H3,(H2,66,82)(H2,67,83)(H2,68,85)(H,72,86)(H,73,84)(H,74,89)(H,75,87)(H,76,91)(H,77,92)(H,78,90)(H,79,88)(H4,69,70,71)/t40-,41+,42-,43+,44+,45-,46-,47-,48-,49+/m1/s1. The molecule has 2 aromatic carbocycles. The number of aliphatic imine (C=N–C) groups is 1. The van der Waals surface area contributed by atoms with Crippen LogP contribution >= 0.6 is 11.8 Å². The maximum atomic E-state index is 14.7. The molecule has 0 saturated carbocycles. The summed E-state index contributed by atoms with van der Waals surface area (Å²) in [5.74, 6) is -9.80. The molecule has 95 heavy (non-hydrogen) atoms. The predicted octanol–water partition coefficient (Wildman–Crippen LogP) is -3.71. The van der Waals surface area contributed by atoms with Crippen LogP contribution in [0.4, 0.5) is 0 Å². The quantitative estimate of drug-likeness (QED) is 0.0173. The van der Waals surface area contributed by atoms with E-state index in [9.17, 15) is 62.3 Å². The van der Waals surface area contributed by atoms with E-state index in [-0.39, 0.29) is 83.0 Å². The van der Waals surface area contributed by atoms with E-state index >= 15 is 0 Å². The van der Waals surface area contributed by atoms with E-state index in [1.807, 2.05) is 20.1 Å². The summed E-state index contributed by atoms with van der Waals surface area (Å²) in [6.07, 6.45) is 3.12. The highest BCUT2D eigenvalue weighted by Gasteiger charge is 2.42. The normalized spacial score (nSPS) is 16.8. The van der Waals surface area contributed by atoms with Crippen LogP contribution in [-0.4, -0.2) is 198 Å². The van der Waals surface area contributed by atoms with Crippen LogP contribution in [0, 0.1) is 5.92 Å². The van der Waals surface area contributed by atoms with Crippen molar-refractivity contribution in [3.63, 3.8) is 0 Å². The summed E-state index contributed by atoms with van der Waals surface area (Å²) < 4.78 is 0. The highest BCUT2D eigenvalue weighted by atomic mass is 32.2. The lowest BCUT2D eigenvalue weighted by atomic mass is 10.0. The molecule has 524 valence electrons. The fraction of sp³-hybridized carbons (Fsp3) is 0.587. The molecular formula is C63H98N18O13S. The molecule has 10 atom stereocenters. The van der Waals surface area contributed by atoms with Gasteiger partial charge in [-0.3, -0.25) is 67.3 Å². The summed E-state index contributed by atoms with van der Waals surface area (Å²) in [5.41, 5.74) is 40.6. The minimum absolute atomic E-state index is 0.0736. The van der Waals surface area contributed by atoms with Gasteiger partial charge in [0.05, 0.1) is 12.6 Å². The van der Waals surface area contributed by atoms with Crippen molar-refractivity contribution in [3.05, 3.63) is 71.8 Å². The summed E-state index contributed by atoms with van der Waals surface area (Å²) in [6.45, 7) is 3.86. The molecular weight excluding hydrogens is 1250 g/mol. The van der Waals surface area contributed by atoms with Gasteiger partial charge in [-0.1, -0.05) is 74.5 Å². The summed E-state index contributed by atoms with van der Waals surface area (Å²) >= 11 is 1.45. The van der Waals surface area contributed by atoms with Gasteiger partial charge in [0, 0.05) is 45.3 Å². The van der Waals surface area contributed by atoms with Gasteiger partial charge in [-0.25, -0.2) is 0 Å². The maximum Gasteiger partial charge on any atom is 0.245 e. The highest BCUT2D eigenvalue weighted by molar-refractivity contribution is 7.98. The number of nitrogens with two attached hydrogens (primary N) is 7. The van der Waals surface area contributed by atoms with Crippen molar-refractivity contribution in [2.45, 2.75) is 183 Å². The number of carbonyl (C=O) groups excluding carboxylic acids is 13. The smallest absolute Gasteiger partial charge is 0.245 e. The van der Waals surface area contributed by atoms with Crippen LogP contribution in [0.5, 0.6) is 0 Å². The van der Waals surface area contributed by atoms with Gasteiger partial charge in [0.2, 0.25) is 76.8 Å². The Balaban J connectivity index is 1.56. The second kappa shape index (κ2) is 41.0. The third-order valence-corrected chi connectivity index (χ3v) is 16.7. The van der Waals surface area contributed by atoms with Gasteiger partial charge in [-0.15, -0.1) is 0 Å². The lowest BCUT2D eigenvalue weighted by Crippen LogP contribution is -2.60. The molecule has 13 amide bonds. The first-order valence-electron chi connectivity index (χ1n) is 32.2. The molecule has 2 aliphatic heterocycles. The third-order valence-electron chi connectivity index (χ3n) is 16.0. The molecule has 0 bridgehead atoms. The van der Waals surface area contributed by atoms with Gasteiger partial charge in [0.1, 0.15) is 54.4 Å². The van der Waals surface area contributed by atoms with Crippen LogP contribution in [0.3, 0.4) is 0 Å². The van der Waals surface area contributed by atoms with E-state index < -0.39 is 169 Å². The summed E-state index contributed by atoms with van der Waals surface area (Å²) in [7, 11) is 0. The molecule has 22 N–H and O–H groups in total. The monoisotopic (exact) mass is 1350 g/mol. The van der Waals surface area contributed by atoms with E-state index in [0.29, 0.717) is 55.4 Å². The first-order valence-corrected chi connectivity index (χ1v) is 33.6. The van der Waals surface area contributed by atoms with Crippen LogP contribution in [0.2, 0.25) is 0 Å². The molecule has 2 aliphatic rings. The SMILES string of the molecule is CSCC[C@H](NC(=O)[C@@H](CC(C)C)NC(=O)CNC(=O)[C@@H](Cc1ccccc1)NC(=O)[C@@H](Cc1ccccc1)NC(=O)[C@@H](CCC(N)=O)NC(=O)[C@H](CCC(N)=O)NC(=O)[C@@H]1CCCN1C(=O)[C@H](CCCCN)NC(=O)[C@H]1CCCN1C(=O)[C@H](N)CCCN=C(N)N)C(N)=O. The van der Waals surface area contributed by atoms with E-state index in [2.05, 4.69) is 47.5 Å². The molecule has 0 spiro atoms. The zero-order chi connectivity index (χ0) is 70.1. The largest absolute Gasteiger partial charge is 0.370 e. The topological polar surface area (TPSA) is 519 Å². The number of hydrogen-bond donors (Lipinski definition) is 15. The van der Waals surface area contributed by atoms with Crippen molar-refractivity contribution in [1.82, 2.24) is 52.3 Å². The zero-order valence-corrected chi connectivity index (χ0v) is 55.3. The van der Waals surface area contributed by atoms with Crippen LogP contribution in [0.25, 0.3) is 0 Å². The average Bonchev–Trinajstić information content (AvgIpc) is 1.74. The van der Waals surface area contributed by atoms with Crippen molar-refractivity contribution in [2.75, 3.05) is 44.7 Å². The number of rotatable bonds is 42. The molecule has 2 fully saturated rings. The minimum Gasteiger partial charge on any atom is -0.370 e. The summed E-state index contributed by atoms with van der Waals surface area (Å²) in [5, 5.41) is 21.1. The Morgan fingerprint density at radius 3 is 1.51 bits per heavy atom. The lowest BCUT2D eigenvalue weighted by molar-refractivity contribution is -0.144. The number of hydrogen-bond acceptors (Lipinski definition) is 17. The molecule has 2 aromatic rings. The van der Waals surface area contributed by atoms with Crippen LogP contribution in [0.15, 0.2) is 65.7 Å². The number of benzene rings is 2. The fourth-order valence-corrected chi connectivity index (χ4v) is 11.5. The number of guanidine groups is 1.